The van der Waals surface area contributed by atoms with Crippen LogP contribution >= 0.6 is 47.8 Å². The van der Waals surface area contributed by atoms with Crippen LogP contribution in [0.25, 0.3) is 0 Å². The summed E-state index contributed by atoms with van der Waals surface area (Å²) in [6.07, 6.45) is 8.69. The fraction of sp³-hybridized carbons (Fsp3) is 0.667. The maximum atomic E-state index is 12.6. The SMILES string of the molecule is CCCCCC(Br)C1=CC(=C(Br)Br)N(CCCC)C1=O. The van der Waals surface area contributed by atoms with Crippen LogP contribution in [0.5, 0.6) is 0 Å². The molecule has 2 nitrogen and oxygen atoms in total. The van der Waals surface area contributed by atoms with Gasteiger partial charge in [0.1, 0.15) is 0 Å². The molecule has 0 aliphatic carbocycles. The van der Waals surface area contributed by atoms with Gasteiger partial charge >= 0.3 is 0 Å². The molecule has 1 heterocycles. The lowest BCUT2D eigenvalue weighted by Gasteiger charge is -2.19. The summed E-state index contributed by atoms with van der Waals surface area (Å²) in [7, 11) is 0. The lowest BCUT2D eigenvalue weighted by atomic mass is 10.1. The molecule has 1 rings (SSSR count). The minimum Gasteiger partial charge on any atom is -0.307 e. The van der Waals surface area contributed by atoms with Gasteiger partial charge in [0.05, 0.1) is 9.09 Å². The van der Waals surface area contributed by atoms with E-state index in [1.807, 2.05) is 11.0 Å². The summed E-state index contributed by atoms with van der Waals surface area (Å²) in [6.45, 7) is 5.11. The molecule has 0 bridgehead atoms. The number of rotatable bonds is 8. The number of hydrogen-bond donors (Lipinski definition) is 0. The molecule has 0 aromatic heterocycles. The van der Waals surface area contributed by atoms with Crippen molar-refractivity contribution in [1.82, 2.24) is 4.90 Å². The number of amides is 1. The Labute approximate surface area is 147 Å². The molecule has 1 amide bonds. The van der Waals surface area contributed by atoms with Crippen LogP contribution in [-0.4, -0.2) is 22.2 Å². The second-order valence-corrected chi connectivity index (χ2v) is 8.77. The largest absolute Gasteiger partial charge is 0.307 e. The van der Waals surface area contributed by atoms with Crippen molar-refractivity contribution in [2.75, 3.05) is 6.54 Å². The normalized spacial score (nSPS) is 16.6. The molecule has 0 N–H and O–H groups in total. The molecule has 0 saturated carbocycles. The summed E-state index contributed by atoms with van der Waals surface area (Å²) in [5, 5.41) is 0. The number of carbonyl (C=O) groups excluding carboxylic acids is 1. The quantitative estimate of drug-likeness (QED) is 0.321. The van der Waals surface area contributed by atoms with Crippen LogP contribution in [0.2, 0.25) is 0 Å². The average molecular weight is 472 g/mol. The minimum atomic E-state index is 0.142. The Bertz CT molecular complexity index is 400. The lowest BCUT2D eigenvalue weighted by molar-refractivity contribution is -0.124. The fourth-order valence-corrected chi connectivity index (χ4v) is 3.51. The number of halogens is 3. The molecule has 0 radical (unpaired) electrons. The van der Waals surface area contributed by atoms with Gasteiger partial charge in [-0.25, -0.2) is 0 Å². The summed E-state index contributed by atoms with van der Waals surface area (Å²) in [5.74, 6) is 0.142. The van der Waals surface area contributed by atoms with Crippen LogP contribution < -0.4 is 0 Å². The molecule has 1 atom stereocenters. The first-order valence-corrected chi connectivity index (χ1v) is 9.75. The second kappa shape index (κ2) is 9.42. The van der Waals surface area contributed by atoms with E-state index in [9.17, 15) is 4.79 Å². The van der Waals surface area contributed by atoms with E-state index < -0.39 is 0 Å². The van der Waals surface area contributed by atoms with E-state index in [-0.39, 0.29) is 10.7 Å². The molecular formula is C15H22Br3NO. The molecule has 20 heavy (non-hydrogen) atoms. The third-order valence-corrected chi connectivity index (χ3v) is 5.17. The van der Waals surface area contributed by atoms with Gasteiger partial charge in [-0.3, -0.25) is 4.79 Å². The van der Waals surface area contributed by atoms with Crippen molar-refractivity contribution in [3.8, 4) is 0 Å². The summed E-state index contributed by atoms with van der Waals surface area (Å²) in [5.41, 5.74) is 1.82. The van der Waals surface area contributed by atoms with E-state index in [1.165, 1.54) is 12.8 Å². The van der Waals surface area contributed by atoms with Gasteiger partial charge in [-0.2, -0.15) is 0 Å². The van der Waals surface area contributed by atoms with Gasteiger partial charge in [-0.15, -0.1) is 0 Å². The van der Waals surface area contributed by atoms with Crippen molar-refractivity contribution >= 4 is 53.7 Å². The predicted molar refractivity (Wildman–Crippen MR) is 96.4 cm³/mol. The molecule has 0 saturated heterocycles. The standard InChI is InChI=1S/C15H22Br3NO/c1-3-5-7-8-12(16)11-10-13(14(17)18)19(15(11)20)9-6-4-2/h10,12H,3-9H2,1-2H3. The maximum Gasteiger partial charge on any atom is 0.255 e. The van der Waals surface area contributed by atoms with Crippen molar-refractivity contribution in [2.45, 2.75) is 57.2 Å². The van der Waals surface area contributed by atoms with Gasteiger partial charge in [-0.05, 0) is 50.8 Å². The highest BCUT2D eigenvalue weighted by Gasteiger charge is 2.32. The number of allylic oxidation sites excluding steroid dienone is 1. The van der Waals surface area contributed by atoms with Gasteiger partial charge in [0.15, 0.2) is 0 Å². The first-order chi connectivity index (χ1) is 9.52. The van der Waals surface area contributed by atoms with Crippen LogP contribution in [-0.2, 0) is 4.79 Å². The molecule has 0 fully saturated rings. The number of hydrogen-bond acceptors (Lipinski definition) is 1. The summed E-state index contributed by atoms with van der Waals surface area (Å²) in [4.78, 5) is 14.6. The minimum absolute atomic E-state index is 0.142. The van der Waals surface area contributed by atoms with E-state index in [1.54, 1.807) is 0 Å². The first-order valence-electron chi connectivity index (χ1n) is 7.25. The van der Waals surface area contributed by atoms with E-state index in [4.69, 9.17) is 0 Å². The van der Waals surface area contributed by atoms with E-state index in [2.05, 4.69) is 61.6 Å². The second-order valence-electron chi connectivity index (χ2n) is 5.02. The van der Waals surface area contributed by atoms with Gasteiger partial charge < -0.3 is 4.90 Å². The molecule has 114 valence electrons. The Morgan fingerprint density at radius 1 is 1.20 bits per heavy atom. The highest BCUT2D eigenvalue weighted by atomic mass is 79.9. The number of alkyl halides is 1. The molecule has 1 unspecified atom stereocenters. The van der Waals surface area contributed by atoms with Crippen molar-refractivity contribution < 1.29 is 4.79 Å². The molecule has 0 aromatic rings. The van der Waals surface area contributed by atoms with E-state index >= 15 is 0 Å². The number of nitrogens with zero attached hydrogens (tertiary/aromatic N) is 1. The molecule has 5 heteroatoms. The molecular weight excluding hydrogens is 450 g/mol. The zero-order valence-corrected chi connectivity index (χ0v) is 16.9. The summed E-state index contributed by atoms with van der Waals surface area (Å²) in [6, 6.07) is 0. The Hall–Kier alpha value is 0.390. The highest BCUT2D eigenvalue weighted by Crippen LogP contribution is 2.34. The lowest BCUT2D eigenvalue weighted by Crippen LogP contribution is -2.28. The summed E-state index contributed by atoms with van der Waals surface area (Å²) >= 11 is 10.6. The van der Waals surface area contributed by atoms with Crippen LogP contribution in [0.1, 0.15) is 52.4 Å². The molecule has 0 aromatic carbocycles. The van der Waals surface area contributed by atoms with Crippen molar-refractivity contribution in [2.24, 2.45) is 0 Å². The van der Waals surface area contributed by atoms with Crippen molar-refractivity contribution in [3.05, 3.63) is 20.7 Å². The first kappa shape index (κ1) is 18.4. The van der Waals surface area contributed by atoms with Crippen LogP contribution in [0.4, 0.5) is 0 Å². The zero-order chi connectivity index (χ0) is 15.1. The smallest absolute Gasteiger partial charge is 0.255 e. The predicted octanol–water partition coefficient (Wildman–Crippen LogP) is 5.86. The topological polar surface area (TPSA) is 20.3 Å². The number of unbranched alkanes of at least 4 members (excludes halogenated alkanes) is 3. The third kappa shape index (κ3) is 4.99. The average Bonchev–Trinajstić information content (AvgIpc) is 2.74. The maximum absolute atomic E-state index is 12.6. The van der Waals surface area contributed by atoms with Crippen molar-refractivity contribution in [3.63, 3.8) is 0 Å². The molecule has 1 aliphatic rings. The third-order valence-electron chi connectivity index (χ3n) is 3.40. The van der Waals surface area contributed by atoms with Gasteiger partial charge in [0, 0.05) is 16.9 Å². The Morgan fingerprint density at radius 2 is 1.85 bits per heavy atom. The van der Waals surface area contributed by atoms with E-state index in [0.717, 1.165) is 46.9 Å². The highest BCUT2D eigenvalue weighted by molar-refractivity contribution is 9.28. The zero-order valence-electron chi connectivity index (χ0n) is 12.1. The van der Waals surface area contributed by atoms with Gasteiger partial charge in [-0.1, -0.05) is 55.5 Å². The van der Waals surface area contributed by atoms with Crippen molar-refractivity contribution in [1.29, 1.82) is 0 Å². The van der Waals surface area contributed by atoms with Gasteiger partial charge in [0.2, 0.25) is 0 Å². The number of carbonyl (C=O) groups is 1. The van der Waals surface area contributed by atoms with Crippen LogP contribution in [0.3, 0.4) is 0 Å². The van der Waals surface area contributed by atoms with E-state index in [0.29, 0.717) is 0 Å². The molecule has 0 spiro atoms. The molecule has 1 aliphatic heterocycles. The van der Waals surface area contributed by atoms with Crippen LogP contribution in [0, 0.1) is 0 Å². The van der Waals surface area contributed by atoms with Gasteiger partial charge in [0.25, 0.3) is 5.91 Å². The Morgan fingerprint density at radius 3 is 2.40 bits per heavy atom. The fourth-order valence-electron chi connectivity index (χ4n) is 2.20. The Kier molecular flexibility index (Phi) is 8.68. The Balaban J connectivity index is 2.79. The van der Waals surface area contributed by atoms with Crippen LogP contribution in [0.15, 0.2) is 20.7 Å². The monoisotopic (exact) mass is 469 g/mol. The summed E-state index contributed by atoms with van der Waals surface area (Å²) < 4.78 is 0.845.